The van der Waals surface area contributed by atoms with E-state index in [1.807, 2.05) is 0 Å². The van der Waals surface area contributed by atoms with Gasteiger partial charge in [0.2, 0.25) is 0 Å². The Kier molecular flexibility index (Phi) is 4.34. The predicted molar refractivity (Wildman–Crippen MR) is 60.6 cm³/mol. The second kappa shape index (κ2) is 5.54. The summed E-state index contributed by atoms with van der Waals surface area (Å²) in [7, 11) is 0. The fourth-order valence-electron chi connectivity index (χ4n) is 1.25. The molecule has 0 aromatic heterocycles. The largest absolute Gasteiger partial charge is 0.480 e. The molecule has 0 heterocycles. The third kappa shape index (κ3) is 3.64. The Balaban J connectivity index is 2.64. The van der Waals surface area contributed by atoms with Crippen LogP contribution in [0.3, 0.4) is 0 Å². The molecule has 1 atom stereocenters. The van der Waals surface area contributed by atoms with Crippen LogP contribution in [0.15, 0.2) is 18.2 Å². The van der Waals surface area contributed by atoms with Crippen molar-refractivity contribution in [2.75, 3.05) is 6.54 Å². The van der Waals surface area contributed by atoms with E-state index >= 15 is 0 Å². The van der Waals surface area contributed by atoms with Gasteiger partial charge in [-0.2, -0.15) is 0 Å². The molecule has 17 heavy (non-hydrogen) atoms. The molecule has 0 aliphatic rings. The molecular weight excluding hydrogens is 225 g/mol. The quantitative estimate of drug-likeness (QED) is 0.762. The minimum atomic E-state index is -1.02. The van der Waals surface area contributed by atoms with Crippen LogP contribution in [0, 0.1) is 12.7 Å². The topological polar surface area (TPSA) is 66.4 Å². The number of Topliss-reactive ketones (excluding diaryl/α,β-unsaturated/α-hetero) is 1. The number of carbonyl (C=O) groups excluding carboxylic acids is 1. The van der Waals surface area contributed by atoms with Crippen molar-refractivity contribution >= 4 is 11.8 Å². The first-order valence-corrected chi connectivity index (χ1v) is 5.17. The third-order valence-electron chi connectivity index (χ3n) is 2.42. The van der Waals surface area contributed by atoms with E-state index in [1.165, 1.54) is 25.1 Å². The lowest BCUT2D eigenvalue weighted by Gasteiger charge is -2.08. The van der Waals surface area contributed by atoms with E-state index in [2.05, 4.69) is 5.32 Å². The summed E-state index contributed by atoms with van der Waals surface area (Å²) in [5.41, 5.74) is 0.760. The van der Waals surface area contributed by atoms with Crippen LogP contribution < -0.4 is 5.32 Å². The predicted octanol–water partition coefficient (Wildman–Crippen LogP) is 1.38. The summed E-state index contributed by atoms with van der Waals surface area (Å²) in [6.07, 6.45) is 0. The molecule has 0 aliphatic heterocycles. The molecule has 0 aliphatic carbocycles. The molecule has 0 saturated carbocycles. The van der Waals surface area contributed by atoms with Gasteiger partial charge >= 0.3 is 5.97 Å². The number of carboxylic acid groups (broad SMARTS) is 1. The third-order valence-corrected chi connectivity index (χ3v) is 2.42. The van der Waals surface area contributed by atoms with Gasteiger partial charge < -0.3 is 5.11 Å². The fraction of sp³-hybridized carbons (Fsp3) is 0.333. The SMILES string of the molecule is Cc1cc(C(=O)CNC(C)C(=O)O)ccc1F. The monoisotopic (exact) mass is 239 g/mol. The summed E-state index contributed by atoms with van der Waals surface area (Å²) in [6.45, 7) is 2.93. The highest BCUT2D eigenvalue weighted by Crippen LogP contribution is 2.09. The molecule has 1 aromatic carbocycles. The van der Waals surface area contributed by atoms with Crippen molar-refractivity contribution in [3.63, 3.8) is 0 Å². The zero-order chi connectivity index (χ0) is 13.0. The second-order valence-electron chi connectivity index (χ2n) is 3.83. The van der Waals surface area contributed by atoms with Gasteiger partial charge in [0, 0.05) is 5.56 Å². The molecule has 0 bridgehead atoms. The molecule has 1 unspecified atom stereocenters. The maximum atomic E-state index is 13.0. The minimum absolute atomic E-state index is 0.0848. The molecule has 0 amide bonds. The first-order valence-electron chi connectivity index (χ1n) is 5.17. The lowest BCUT2D eigenvalue weighted by Crippen LogP contribution is -2.37. The number of ketones is 1. The van der Waals surface area contributed by atoms with Crippen molar-refractivity contribution in [2.45, 2.75) is 19.9 Å². The van der Waals surface area contributed by atoms with E-state index in [9.17, 15) is 14.0 Å². The summed E-state index contributed by atoms with van der Waals surface area (Å²) in [5.74, 6) is -1.65. The number of carbonyl (C=O) groups is 2. The van der Waals surface area contributed by atoms with Gasteiger partial charge in [-0.3, -0.25) is 14.9 Å². The Morgan fingerprint density at radius 2 is 2.12 bits per heavy atom. The molecule has 1 aromatic rings. The van der Waals surface area contributed by atoms with Gasteiger partial charge in [0.25, 0.3) is 0 Å². The van der Waals surface area contributed by atoms with Crippen molar-refractivity contribution in [1.82, 2.24) is 5.32 Å². The summed E-state index contributed by atoms with van der Waals surface area (Å²) in [6, 6.07) is 3.27. The van der Waals surface area contributed by atoms with Crippen LogP contribution >= 0.6 is 0 Å². The maximum Gasteiger partial charge on any atom is 0.320 e. The van der Waals surface area contributed by atoms with Gasteiger partial charge in [-0.15, -0.1) is 0 Å². The van der Waals surface area contributed by atoms with Gasteiger partial charge in [0.05, 0.1) is 6.54 Å². The fourth-order valence-corrected chi connectivity index (χ4v) is 1.25. The van der Waals surface area contributed by atoms with Crippen LogP contribution in [0.25, 0.3) is 0 Å². The first kappa shape index (κ1) is 13.3. The molecule has 0 saturated heterocycles. The Bertz CT molecular complexity index is 445. The average molecular weight is 239 g/mol. The minimum Gasteiger partial charge on any atom is -0.480 e. The number of hydrogen-bond acceptors (Lipinski definition) is 3. The number of carboxylic acids is 1. The highest BCUT2D eigenvalue weighted by molar-refractivity contribution is 5.98. The van der Waals surface area contributed by atoms with Crippen molar-refractivity contribution in [3.8, 4) is 0 Å². The smallest absolute Gasteiger partial charge is 0.320 e. The van der Waals surface area contributed by atoms with Crippen LogP contribution in [0.5, 0.6) is 0 Å². The van der Waals surface area contributed by atoms with E-state index in [4.69, 9.17) is 5.11 Å². The first-order chi connectivity index (χ1) is 7.91. The molecule has 5 heteroatoms. The normalized spacial score (nSPS) is 12.2. The highest BCUT2D eigenvalue weighted by atomic mass is 19.1. The number of rotatable bonds is 5. The van der Waals surface area contributed by atoms with E-state index in [0.29, 0.717) is 11.1 Å². The van der Waals surface area contributed by atoms with Crippen LogP contribution in [0.1, 0.15) is 22.8 Å². The Hall–Kier alpha value is -1.75. The van der Waals surface area contributed by atoms with Gasteiger partial charge in [-0.05, 0) is 37.6 Å². The van der Waals surface area contributed by atoms with Crippen LogP contribution in [-0.4, -0.2) is 29.4 Å². The molecule has 92 valence electrons. The van der Waals surface area contributed by atoms with Gasteiger partial charge in [-0.1, -0.05) is 0 Å². The van der Waals surface area contributed by atoms with Crippen LogP contribution in [0.2, 0.25) is 0 Å². The van der Waals surface area contributed by atoms with Crippen molar-refractivity contribution in [1.29, 1.82) is 0 Å². The highest BCUT2D eigenvalue weighted by Gasteiger charge is 2.13. The summed E-state index contributed by atoms with van der Waals surface area (Å²) < 4.78 is 13.0. The van der Waals surface area contributed by atoms with Crippen LogP contribution in [0.4, 0.5) is 4.39 Å². The van der Waals surface area contributed by atoms with E-state index < -0.39 is 12.0 Å². The molecule has 4 nitrogen and oxygen atoms in total. The van der Waals surface area contributed by atoms with Crippen molar-refractivity contribution in [3.05, 3.63) is 35.1 Å². The van der Waals surface area contributed by atoms with E-state index in [-0.39, 0.29) is 18.1 Å². The summed E-state index contributed by atoms with van der Waals surface area (Å²) in [5, 5.41) is 11.2. The van der Waals surface area contributed by atoms with Gasteiger partial charge in [0.15, 0.2) is 5.78 Å². The molecular formula is C12H14FNO3. The summed E-state index contributed by atoms with van der Waals surface area (Å²) >= 11 is 0. The van der Waals surface area contributed by atoms with Gasteiger partial charge in [-0.25, -0.2) is 4.39 Å². The molecule has 0 radical (unpaired) electrons. The number of halogens is 1. The molecule has 0 fully saturated rings. The maximum absolute atomic E-state index is 13.0. The number of aryl methyl sites for hydroxylation is 1. The molecule has 2 N–H and O–H groups in total. The van der Waals surface area contributed by atoms with E-state index in [1.54, 1.807) is 6.92 Å². The number of aliphatic carboxylic acids is 1. The molecule has 0 spiro atoms. The van der Waals surface area contributed by atoms with E-state index in [0.717, 1.165) is 0 Å². The Morgan fingerprint density at radius 1 is 1.47 bits per heavy atom. The Morgan fingerprint density at radius 3 is 2.65 bits per heavy atom. The number of benzene rings is 1. The van der Waals surface area contributed by atoms with Crippen LogP contribution in [-0.2, 0) is 4.79 Å². The number of nitrogens with one attached hydrogen (secondary N) is 1. The summed E-state index contributed by atoms with van der Waals surface area (Å²) in [4.78, 5) is 22.2. The number of hydrogen-bond donors (Lipinski definition) is 2. The standard InChI is InChI=1S/C12H14FNO3/c1-7-5-9(3-4-10(7)13)11(15)6-14-8(2)12(16)17/h3-5,8,14H,6H2,1-2H3,(H,16,17). The lowest BCUT2D eigenvalue weighted by atomic mass is 10.1. The molecule has 1 rings (SSSR count). The zero-order valence-corrected chi connectivity index (χ0v) is 9.66. The van der Waals surface area contributed by atoms with Crippen molar-refractivity contribution < 1.29 is 19.1 Å². The van der Waals surface area contributed by atoms with Gasteiger partial charge in [0.1, 0.15) is 11.9 Å². The lowest BCUT2D eigenvalue weighted by molar-refractivity contribution is -0.138. The second-order valence-corrected chi connectivity index (χ2v) is 3.83. The Labute approximate surface area is 98.5 Å². The zero-order valence-electron chi connectivity index (χ0n) is 9.66. The average Bonchev–Trinajstić information content (AvgIpc) is 2.28. The van der Waals surface area contributed by atoms with Crippen molar-refractivity contribution in [2.24, 2.45) is 0 Å².